The maximum Gasteiger partial charge on any atom is 0.267 e. The molecule has 0 saturated carbocycles. The molecule has 0 aliphatic carbocycles. The molecule has 8 heteroatoms. The average molecular weight is 325 g/mol. The van der Waals surface area contributed by atoms with Crippen molar-refractivity contribution in [2.24, 2.45) is 0 Å². The largest absolute Gasteiger partial charge is 0.496 e. The lowest BCUT2D eigenvalue weighted by Crippen LogP contribution is -2.24. The van der Waals surface area contributed by atoms with E-state index in [0.717, 1.165) is 11.3 Å². The standard InChI is InChI=1S/C16H15N5O3/c1-23-13-5-3-2-4-11(13)9-19-14(22)8-15-20-21-16(24-15)12-10-17-6-7-18-12/h2-7,10H,8-9H2,1H3,(H,19,22). The van der Waals surface area contributed by atoms with E-state index < -0.39 is 0 Å². The third-order valence-electron chi connectivity index (χ3n) is 3.23. The number of carbonyl (C=O) groups excluding carboxylic acids is 1. The van der Waals surface area contributed by atoms with Gasteiger partial charge in [0.2, 0.25) is 11.8 Å². The van der Waals surface area contributed by atoms with Crippen LogP contribution in [0.4, 0.5) is 0 Å². The molecule has 2 heterocycles. The molecule has 0 aliphatic rings. The van der Waals surface area contributed by atoms with E-state index in [1.807, 2.05) is 24.3 Å². The number of methoxy groups -OCH3 is 1. The van der Waals surface area contributed by atoms with E-state index >= 15 is 0 Å². The van der Waals surface area contributed by atoms with E-state index in [-0.39, 0.29) is 24.1 Å². The highest BCUT2D eigenvalue weighted by Crippen LogP contribution is 2.17. The van der Waals surface area contributed by atoms with Gasteiger partial charge in [-0.05, 0) is 6.07 Å². The number of hydrogen-bond donors (Lipinski definition) is 1. The highest BCUT2D eigenvalue weighted by atomic mass is 16.5. The van der Waals surface area contributed by atoms with E-state index in [1.165, 1.54) is 12.4 Å². The van der Waals surface area contributed by atoms with Gasteiger partial charge in [0.1, 0.15) is 17.9 Å². The molecule has 0 radical (unpaired) electrons. The van der Waals surface area contributed by atoms with Crippen molar-refractivity contribution in [3.05, 3.63) is 54.3 Å². The van der Waals surface area contributed by atoms with Crippen LogP contribution in [-0.2, 0) is 17.8 Å². The number of benzene rings is 1. The molecule has 0 atom stereocenters. The summed E-state index contributed by atoms with van der Waals surface area (Å²) in [4.78, 5) is 20.0. The lowest BCUT2D eigenvalue weighted by atomic mass is 10.2. The maximum absolute atomic E-state index is 12.0. The first-order chi connectivity index (χ1) is 11.8. The first kappa shape index (κ1) is 15.6. The summed E-state index contributed by atoms with van der Waals surface area (Å²) in [6.07, 6.45) is 4.58. The van der Waals surface area contributed by atoms with Crippen LogP contribution in [0.2, 0.25) is 0 Å². The summed E-state index contributed by atoms with van der Waals surface area (Å²) in [6, 6.07) is 7.48. The molecule has 0 spiro atoms. The Hall–Kier alpha value is -3.29. The summed E-state index contributed by atoms with van der Waals surface area (Å²) in [7, 11) is 1.59. The molecule has 1 N–H and O–H groups in total. The lowest BCUT2D eigenvalue weighted by Gasteiger charge is -2.08. The number of hydrogen-bond acceptors (Lipinski definition) is 7. The number of rotatable bonds is 6. The maximum atomic E-state index is 12.0. The van der Waals surface area contributed by atoms with Crippen molar-refractivity contribution in [3.63, 3.8) is 0 Å². The molecular weight excluding hydrogens is 310 g/mol. The van der Waals surface area contributed by atoms with Crippen LogP contribution in [0, 0.1) is 0 Å². The fourth-order valence-electron chi connectivity index (χ4n) is 2.08. The van der Waals surface area contributed by atoms with Gasteiger partial charge in [-0.1, -0.05) is 18.2 Å². The van der Waals surface area contributed by atoms with E-state index in [0.29, 0.717) is 12.2 Å². The minimum absolute atomic E-state index is 0.0115. The number of nitrogens with one attached hydrogen (secondary N) is 1. The molecule has 1 aromatic carbocycles. The third kappa shape index (κ3) is 3.72. The minimum Gasteiger partial charge on any atom is -0.496 e. The molecule has 24 heavy (non-hydrogen) atoms. The van der Waals surface area contributed by atoms with Gasteiger partial charge in [-0.3, -0.25) is 9.78 Å². The molecule has 0 unspecified atom stereocenters. The van der Waals surface area contributed by atoms with E-state index in [9.17, 15) is 4.79 Å². The molecule has 1 amide bonds. The van der Waals surface area contributed by atoms with E-state index in [2.05, 4.69) is 25.5 Å². The Kier molecular flexibility index (Phi) is 4.76. The Balaban J connectivity index is 1.58. The van der Waals surface area contributed by atoms with Gasteiger partial charge in [0.25, 0.3) is 5.89 Å². The second kappa shape index (κ2) is 7.32. The Morgan fingerprint density at radius 3 is 2.92 bits per heavy atom. The zero-order valence-corrected chi connectivity index (χ0v) is 13.0. The lowest BCUT2D eigenvalue weighted by molar-refractivity contribution is -0.120. The number of amides is 1. The monoisotopic (exact) mass is 325 g/mol. The van der Waals surface area contributed by atoms with Crippen molar-refractivity contribution in [1.29, 1.82) is 0 Å². The van der Waals surface area contributed by atoms with Gasteiger partial charge in [0, 0.05) is 24.5 Å². The van der Waals surface area contributed by atoms with Gasteiger partial charge < -0.3 is 14.5 Å². The Morgan fingerprint density at radius 1 is 1.25 bits per heavy atom. The first-order valence-corrected chi connectivity index (χ1v) is 7.23. The summed E-state index contributed by atoms with van der Waals surface area (Å²) < 4.78 is 10.7. The number of nitrogens with zero attached hydrogens (tertiary/aromatic N) is 4. The fraction of sp³-hybridized carbons (Fsp3) is 0.188. The zero-order valence-electron chi connectivity index (χ0n) is 13.0. The summed E-state index contributed by atoms with van der Waals surface area (Å²) in [6.45, 7) is 0.355. The minimum atomic E-state index is -0.227. The predicted molar refractivity (Wildman–Crippen MR) is 83.9 cm³/mol. The second-order valence-corrected chi connectivity index (χ2v) is 4.86. The van der Waals surface area contributed by atoms with Crippen molar-refractivity contribution in [1.82, 2.24) is 25.5 Å². The molecule has 122 valence electrons. The van der Waals surface area contributed by atoms with Crippen LogP contribution in [-0.4, -0.2) is 33.2 Å². The highest BCUT2D eigenvalue weighted by molar-refractivity contribution is 5.77. The van der Waals surface area contributed by atoms with E-state index in [1.54, 1.807) is 13.3 Å². The molecule has 0 aliphatic heterocycles. The Labute approximate surface area is 137 Å². The normalized spacial score (nSPS) is 10.4. The smallest absolute Gasteiger partial charge is 0.267 e. The quantitative estimate of drug-likeness (QED) is 0.730. The zero-order chi connectivity index (χ0) is 16.8. The van der Waals surface area contributed by atoms with Gasteiger partial charge in [-0.25, -0.2) is 4.98 Å². The number of carbonyl (C=O) groups is 1. The summed E-state index contributed by atoms with van der Waals surface area (Å²) >= 11 is 0. The van der Waals surface area contributed by atoms with Gasteiger partial charge in [0.15, 0.2) is 0 Å². The third-order valence-corrected chi connectivity index (χ3v) is 3.23. The van der Waals surface area contributed by atoms with Gasteiger partial charge in [-0.2, -0.15) is 0 Å². The van der Waals surface area contributed by atoms with Crippen LogP contribution in [0.25, 0.3) is 11.6 Å². The van der Waals surface area contributed by atoms with Crippen molar-refractivity contribution < 1.29 is 13.9 Å². The van der Waals surface area contributed by atoms with Crippen LogP contribution >= 0.6 is 0 Å². The van der Waals surface area contributed by atoms with E-state index in [4.69, 9.17) is 9.15 Å². The molecular formula is C16H15N5O3. The van der Waals surface area contributed by atoms with Crippen LogP contribution in [0.3, 0.4) is 0 Å². The fourth-order valence-corrected chi connectivity index (χ4v) is 2.08. The van der Waals surface area contributed by atoms with Crippen molar-refractivity contribution >= 4 is 5.91 Å². The molecule has 2 aromatic heterocycles. The van der Waals surface area contributed by atoms with Gasteiger partial charge in [0.05, 0.1) is 13.3 Å². The number of para-hydroxylation sites is 1. The molecule has 0 saturated heterocycles. The van der Waals surface area contributed by atoms with Crippen LogP contribution in [0.15, 0.2) is 47.3 Å². The van der Waals surface area contributed by atoms with Gasteiger partial charge in [-0.15, -0.1) is 10.2 Å². The molecule has 3 rings (SSSR count). The Bertz CT molecular complexity index is 819. The highest BCUT2D eigenvalue weighted by Gasteiger charge is 2.13. The van der Waals surface area contributed by atoms with Crippen molar-refractivity contribution in [3.8, 4) is 17.3 Å². The summed E-state index contributed by atoms with van der Waals surface area (Å²) in [5.74, 6) is 0.944. The van der Waals surface area contributed by atoms with Crippen LogP contribution in [0.5, 0.6) is 5.75 Å². The van der Waals surface area contributed by atoms with Gasteiger partial charge >= 0.3 is 0 Å². The molecule has 8 nitrogen and oxygen atoms in total. The number of aromatic nitrogens is 4. The summed E-state index contributed by atoms with van der Waals surface area (Å²) in [5.41, 5.74) is 1.35. The first-order valence-electron chi connectivity index (χ1n) is 7.23. The molecule has 0 fully saturated rings. The molecule has 3 aromatic rings. The van der Waals surface area contributed by atoms with Crippen molar-refractivity contribution in [2.45, 2.75) is 13.0 Å². The Morgan fingerprint density at radius 2 is 2.12 bits per heavy atom. The topological polar surface area (TPSA) is 103 Å². The predicted octanol–water partition coefficient (Wildman–Crippen LogP) is 1.39. The average Bonchev–Trinajstić information content (AvgIpc) is 3.09. The van der Waals surface area contributed by atoms with Crippen molar-refractivity contribution in [2.75, 3.05) is 7.11 Å². The molecule has 0 bridgehead atoms. The number of ether oxygens (including phenoxy) is 1. The second-order valence-electron chi connectivity index (χ2n) is 4.86. The van der Waals surface area contributed by atoms with Crippen LogP contribution < -0.4 is 10.1 Å². The summed E-state index contributed by atoms with van der Waals surface area (Å²) in [5, 5.41) is 10.5. The van der Waals surface area contributed by atoms with Crippen LogP contribution in [0.1, 0.15) is 11.5 Å². The SMILES string of the molecule is COc1ccccc1CNC(=O)Cc1nnc(-c2cnccn2)o1.